The molecule has 0 aliphatic carbocycles. The first-order valence-corrected chi connectivity index (χ1v) is 5.36. The molecule has 0 radical (unpaired) electrons. The van der Waals surface area contributed by atoms with Gasteiger partial charge in [0.25, 0.3) is 0 Å². The van der Waals surface area contributed by atoms with Crippen molar-refractivity contribution in [3.63, 3.8) is 0 Å². The first-order chi connectivity index (χ1) is 6.63. The van der Waals surface area contributed by atoms with E-state index in [1.165, 1.54) is 5.56 Å². The second-order valence-corrected chi connectivity index (χ2v) is 4.11. The zero-order valence-electron chi connectivity index (χ0n) is 9.40. The van der Waals surface area contributed by atoms with E-state index >= 15 is 0 Å². The van der Waals surface area contributed by atoms with Crippen molar-refractivity contribution in [2.75, 3.05) is 0 Å². The highest BCUT2D eigenvalue weighted by Gasteiger charge is 2.10. The second-order valence-electron chi connectivity index (χ2n) is 4.11. The maximum atomic E-state index is 5.97. The Kier molecular flexibility index (Phi) is 4.14. The monoisotopic (exact) mass is 195 g/mol. The van der Waals surface area contributed by atoms with Gasteiger partial charge in [0.2, 0.25) is 0 Å². The quantitative estimate of drug-likeness (QED) is 0.777. The molecule has 1 rings (SSSR count). The highest BCUT2D eigenvalue weighted by atomic mass is 15.2. The average molecular weight is 195 g/mol. The molecule has 1 heterocycles. The minimum Gasteiger partial charge on any atom is -0.327 e. The van der Waals surface area contributed by atoms with Crippen molar-refractivity contribution in [3.8, 4) is 0 Å². The van der Waals surface area contributed by atoms with Crippen LogP contribution in [0.25, 0.3) is 0 Å². The molecular formula is C11H21N3. The van der Waals surface area contributed by atoms with E-state index in [2.05, 4.69) is 25.1 Å². The highest BCUT2D eigenvalue weighted by molar-refractivity contribution is 5.03. The summed E-state index contributed by atoms with van der Waals surface area (Å²) in [5.74, 6) is 0.597. The van der Waals surface area contributed by atoms with Gasteiger partial charge in [0.05, 0.1) is 6.20 Å². The van der Waals surface area contributed by atoms with Crippen LogP contribution in [0.2, 0.25) is 0 Å². The third kappa shape index (κ3) is 3.14. The van der Waals surface area contributed by atoms with Gasteiger partial charge in [-0.3, -0.25) is 4.68 Å². The van der Waals surface area contributed by atoms with Crippen molar-refractivity contribution >= 4 is 0 Å². The van der Waals surface area contributed by atoms with E-state index in [0.717, 1.165) is 19.3 Å². The summed E-state index contributed by atoms with van der Waals surface area (Å²) in [6.45, 7) is 4.37. The Bertz CT molecular complexity index is 267. The third-order valence-corrected chi connectivity index (χ3v) is 2.85. The Morgan fingerprint density at radius 1 is 1.57 bits per heavy atom. The van der Waals surface area contributed by atoms with Crippen LogP contribution in [0, 0.1) is 5.92 Å². The molecule has 1 aromatic rings. The first-order valence-electron chi connectivity index (χ1n) is 5.36. The van der Waals surface area contributed by atoms with Crippen LogP contribution in [0.4, 0.5) is 0 Å². The van der Waals surface area contributed by atoms with E-state index in [-0.39, 0.29) is 0 Å². The van der Waals surface area contributed by atoms with E-state index < -0.39 is 0 Å². The van der Waals surface area contributed by atoms with E-state index in [1.54, 1.807) is 0 Å². The van der Waals surface area contributed by atoms with Crippen LogP contribution in [0.15, 0.2) is 12.4 Å². The molecule has 14 heavy (non-hydrogen) atoms. The Hall–Kier alpha value is -0.830. The molecule has 2 atom stereocenters. The molecule has 2 unspecified atom stereocenters. The zero-order chi connectivity index (χ0) is 10.6. The van der Waals surface area contributed by atoms with Gasteiger partial charge in [-0.1, -0.05) is 13.8 Å². The average Bonchev–Trinajstić information content (AvgIpc) is 2.59. The second kappa shape index (κ2) is 5.15. The number of hydrogen-bond donors (Lipinski definition) is 1. The lowest BCUT2D eigenvalue weighted by Gasteiger charge is -2.17. The molecule has 0 spiro atoms. The van der Waals surface area contributed by atoms with Crippen molar-refractivity contribution < 1.29 is 0 Å². The van der Waals surface area contributed by atoms with Crippen LogP contribution in [0.5, 0.6) is 0 Å². The van der Waals surface area contributed by atoms with Crippen molar-refractivity contribution in [2.24, 2.45) is 18.7 Å². The molecule has 3 heteroatoms. The van der Waals surface area contributed by atoms with Crippen LogP contribution < -0.4 is 5.73 Å². The summed E-state index contributed by atoms with van der Waals surface area (Å²) in [6.07, 6.45) is 7.31. The molecule has 0 aliphatic rings. The number of aryl methyl sites for hydroxylation is 2. The number of nitrogens with zero attached hydrogens (tertiary/aromatic N) is 2. The summed E-state index contributed by atoms with van der Waals surface area (Å²) in [5, 5.41) is 4.14. The third-order valence-electron chi connectivity index (χ3n) is 2.85. The molecule has 0 bridgehead atoms. The Morgan fingerprint density at radius 2 is 2.29 bits per heavy atom. The van der Waals surface area contributed by atoms with Gasteiger partial charge in [0.1, 0.15) is 0 Å². The first kappa shape index (κ1) is 11.2. The summed E-state index contributed by atoms with van der Waals surface area (Å²) in [5.41, 5.74) is 7.27. The van der Waals surface area contributed by atoms with Crippen molar-refractivity contribution in [1.29, 1.82) is 0 Å². The van der Waals surface area contributed by atoms with E-state index in [1.807, 2.05) is 17.9 Å². The lowest BCUT2D eigenvalue weighted by molar-refractivity contribution is 0.417. The zero-order valence-corrected chi connectivity index (χ0v) is 9.40. The number of hydrogen-bond acceptors (Lipinski definition) is 2. The molecule has 1 aromatic heterocycles. The molecular weight excluding hydrogens is 174 g/mol. The summed E-state index contributed by atoms with van der Waals surface area (Å²) >= 11 is 0. The molecule has 0 aliphatic heterocycles. The lowest BCUT2D eigenvalue weighted by atomic mass is 9.94. The minimum atomic E-state index is 0.340. The van der Waals surface area contributed by atoms with Crippen LogP contribution in [0.3, 0.4) is 0 Å². The maximum Gasteiger partial charge on any atom is 0.0521 e. The van der Waals surface area contributed by atoms with Gasteiger partial charge in [-0.15, -0.1) is 0 Å². The Morgan fingerprint density at radius 3 is 2.79 bits per heavy atom. The molecule has 2 N–H and O–H groups in total. The van der Waals surface area contributed by atoms with E-state index in [4.69, 9.17) is 5.73 Å². The van der Waals surface area contributed by atoms with Gasteiger partial charge in [0.15, 0.2) is 0 Å². The van der Waals surface area contributed by atoms with Crippen molar-refractivity contribution in [1.82, 2.24) is 9.78 Å². The van der Waals surface area contributed by atoms with Gasteiger partial charge in [0, 0.05) is 19.3 Å². The minimum absolute atomic E-state index is 0.340. The predicted molar refractivity (Wildman–Crippen MR) is 59.0 cm³/mol. The topological polar surface area (TPSA) is 43.8 Å². The maximum absolute atomic E-state index is 5.97. The fraction of sp³-hybridized carbons (Fsp3) is 0.727. The molecule has 0 saturated heterocycles. The van der Waals surface area contributed by atoms with Gasteiger partial charge in [-0.25, -0.2) is 0 Å². The molecule has 0 amide bonds. The van der Waals surface area contributed by atoms with Crippen LogP contribution in [0.1, 0.15) is 32.3 Å². The number of nitrogens with two attached hydrogens (primary N) is 1. The van der Waals surface area contributed by atoms with Crippen molar-refractivity contribution in [2.45, 2.75) is 39.2 Å². The molecule has 0 aromatic carbocycles. The van der Waals surface area contributed by atoms with Crippen LogP contribution in [-0.2, 0) is 13.5 Å². The summed E-state index contributed by atoms with van der Waals surface area (Å²) < 4.78 is 1.85. The standard InChI is InChI=1S/C11H21N3/c1-4-11(12)9(2)5-6-10-7-13-14(3)8-10/h7-9,11H,4-6,12H2,1-3H3. The molecule has 80 valence electrons. The highest BCUT2D eigenvalue weighted by Crippen LogP contribution is 2.13. The van der Waals surface area contributed by atoms with Gasteiger partial charge < -0.3 is 5.73 Å². The lowest BCUT2D eigenvalue weighted by Crippen LogP contribution is -2.27. The largest absolute Gasteiger partial charge is 0.327 e. The molecule has 0 saturated carbocycles. The van der Waals surface area contributed by atoms with Gasteiger partial charge in [-0.2, -0.15) is 5.10 Å². The normalized spacial score (nSPS) is 15.4. The number of rotatable bonds is 5. The predicted octanol–water partition coefficient (Wildman–Crippen LogP) is 1.73. The smallest absolute Gasteiger partial charge is 0.0521 e. The fourth-order valence-electron chi connectivity index (χ4n) is 1.61. The van der Waals surface area contributed by atoms with Crippen LogP contribution in [-0.4, -0.2) is 15.8 Å². The summed E-state index contributed by atoms with van der Waals surface area (Å²) in [4.78, 5) is 0. The number of aromatic nitrogens is 2. The van der Waals surface area contributed by atoms with Crippen LogP contribution >= 0.6 is 0 Å². The molecule has 3 nitrogen and oxygen atoms in total. The summed E-state index contributed by atoms with van der Waals surface area (Å²) in [7, 11) is 1.95. The van der Waals surface area contributed by atoms with Crippen molar-refractivity contribution in [3.05, 3.63) is 18.0 Å². The van der Waals surface area contributed by atoms with E-state index in [0.29, 0.717) is 12.0 Å². The van der Waals surface area contributed by atoms with Gasteiger partial charge in [-0.05, 0) is 30.7 Å². The van der Waals surface area contributed by atoms with Gasteiger partial charge >= 0.3 is 0 Å². The fourth-order valence-corrected chi connectivity index (χ4v) is 1.61. The Balaban J connectivity index is 2.33. The summed E-state index contributed by atoms with van der Waals surface area (Å²) in [6, 6.07) is 0.340. The molecule has 0 fully saturated rings. The SMILES string of the molecule is CCC(N)C(C)CCc1cnn(C)c1. The Labute approximate surface area is 86.3 Å². The van der Waals surface area contributed by atoms with E-state index in [9.17, 15) is 0 Å².